The summed E-state index contributed by atoms with van der Waals surface area (Å²) in [6.45, 7) is 5.08. The van der Waals surface area contributed by atoms with E-state index >= 15 is 0 Å². The van der Waals surface area contributed by atoms with Gasteiger partial charge in [-0.25, -0.2) is 4.98 Å². The topological polar surface area (TPSA) is 55.1 Å². The highest BCUT2D eigenvalue weighted by Crippen LogP contribution is 2.35. The molecule has 0 unspecified atom stereocenters. The number of nitriles is 1. The number of nitrogens with zero attached hydrogens (tertiary/aromatic N) is 2. The molecule has 2 aromatic carbocycles. The standard InChI is InChI=1S/C20H18N2O2S/c1-3-23-18-10-9-16(11-19(18)24-4-2)20-22-17(13-25-20)15-7-5-14(12-21)6-8-15/h5-11,13H,3-4H2,1-2H3. The molecule has 0 aliphatic heterocycles. The minimum atomic E-state index is 0.581. The summed E-state index contributed by atoms with van der Waals surface area (Å²) in [6, 6.07) is 15.5. The van der Waals surface area contributed by atoms with E-state index in [1.54, 1.807) is 23.5 Å². The molecule has 3 aromatic rings. The van der Waals surface area contributed by atoms with Gasteiger partial charge in [-0.2, -0.15) is 5.26 Å². The van der Waals surface area contributed by atoms with Gasteiger partial charge in [0, 0.05) is 16.5 Å². The van der Waals surface area contributed by atoms with Crippen LogP contribution in [0.3, 0.4) is 0 Å². The minimum Gasteiger partial charge on any atom is -0.490 e. The lowest BCUT2D eigenvalue weighted by Crippen LogP contribution is -1.98. The molecule has 0 fully saturated rings. The number of hydrogen-bond donors (Lipinski definition) is 0. The predicted molar refractivity (Wildman–Crippen MR) is 100 cm³/mol. The highest BCUT2D eigenvalue weighted by molar-refractivity contribution is 7.13. The molecular formula is C20H18N2O2S. The van der Waals surface area contributed by atoms with E-state index < -0.39 is 0 Å². The summed E-state index contributed by atoms with van der Waals surface area (Å²) >= 11 is 1.58. The van der Waals surface area contributed by atoms with E-state index in [0.717, 1.165) is 33.3 Å². The second kappa shape index (κ2) is 7.82. The normalized spacial score (nSPS) is 10.3. The zero-order chi connectivity index (χ0) is 17.6. The van der Waals surface area contributed by atoms with Crippen molar-refractivity contribution in [1.82, 2.24) is 4.98 Å². The smallest absolute Gasteiger partial charge is 0.161 e. The van der Waals surface area contributed by atoms with Gasteiger partial charge in [0.15, 0.2) is 11.5 Å². The SMILES string of the molecule is CCOc1ccc(-c2nc(-c3ccc(C#N)cc3)cs2)cc1OCC. The predicted octanol–water partition coefficient (Wildman–Crippen LogP) is 5.15. The maximum absolute atomic E-state index is 8.90. The Kier molecular flexibility index (Phi) is 5.32. The van der Waals surface area contributed by atoms with Crippen molar-refractivity contribution in [3.63, 3.8) is 0 Å². The van der Waals surface area contributed by atoms with Gasteiger partial charge in [0.2, 0.25) is 0 Å². The second-order valence-corrected chi connectivity index (χ2v) is 6.11. The summed E-state index contributed by atoms with van der Waals surface area (Å²) in [6.07, 6.45) is 0. The van der Waals surface area contributed by atoms with Gasteiger partial charge < -0.3 is 9.47 Å². The van der Waals surface area contributed by atoms with Crippen molar-refractivity contribution in [2.45, 2.75) is 13.8 Å². The van der Waals surface area contributed by atoms with E-state index in [0.29, 0.717) is 18.8 Å². The van der Waals surface area contributed by atoms with Crippen LogP contribution in [0.4, 0.5) is 0 Å². The molecule has 0 aliphatic rings. The number of aromatic nitrogens is 1. The Bertz CT molecular complexity index is 895. The average Bonchev–Trinajstić information content (AvgIpc) is 3.14. The zero-order valence-corrected chi connectivity index (χ0v) is 15.0. The van der Waals surface area contributed by atoms with Crippen molar-refractivity contribution in [3.05, 3.63) is 53.4 Å². The molecule has 1 heterocycles. The Morgan fingerprint density at radius 3 is 2.32 bits per heavy atom. The van der Waals surface area contributed by atoms with Crippen LogP contribution in [0.15, 0.2) is 47.8 Å². The molecule has 1 aromatic heterocycles. The third-order valence-electron chi connectivity index (χ3n) is 3.60. The lowest BCUT2D eigenvalue weighted by atomic mass is 10.1. The molecule has 0 radical (unpaired) electrons. The van der Waals surface area contributed by atoms with E-state index in [2.05, 4.69) is 6.07 Å². The number of hydrogen-bond acceptors (Lipinski definition) is 5. The van der Waals surface area contributed by atoms with Gasteiger partial charge in [-0.3, -0.25) is 0 Å². The molecule has 0 atom stereocenters. The van der Waals surface area contributed by atoms with Gasteiger partial charge in [0.05, 0.1) is 30.5 Å². The van der Waals surface area contributed by atoms with Crippen molar-refractivity contribution >= 4 is 11.3 Å². The van der Waals surface area contributed by atoms with E-state index in [1.165, 1.54) is 0 Å². The van der Waals surface area contributed by atoms with Crippen LogP contribution in [0.1, 0.15) is 19.4 Å². The van der Waals surface area contributed by atoms with E-state index in [1.807, 2.05) is 49.6 Å². The summed E-state index contributed by atoms with van der Waals surface area (Å²) in [5, 5.41) is 11.8. The van der Waals surface area contributed by atoms with Crippen LogP contribution in [0.5, 0.6) is 11.5 Å². The highest BCUT2D eigenvalue weighted by atomic mass is 32.1. The van der Waals surface area contributed by atoms with Crippen LogP contribution in [0, 0.1) is 11.3 Å². The Labute approximate surface area is 151 Å². The average molecular weight is 350 g/mol. The number of thiazole rings is 1. The number of ether oxygens (including phenoxy) is 2. The molecule has 0 bridgehead atoms. The third kappa shape index (κ3) is 3.81. The van der Waals surface area contributed by atoms with Crippen LogP contribution in [-0.4, -0.2) is 18.2 Å². The molecule has 0 amide bonds. The molecule has 126 valence electrons. The summed E-state index contributed by atoms with van der Waals surface area (Å²) in [7, 11) is 0. The second-order valence-electron chi connectivity index (χ2n) is 5.25. The van der Waals surface area contributed by atoms with Gasteiger partial charge in [-0.05, 0) is 44.2 Å². The Hall–Kier alpha value is -2.84. The van der Waals surface area contributed by atoms with E-state index in [9.17, 15) is 0 Å². The first-order valence-corrected chi connectivity index (χ1v) is 8.99. The molecule has 0 saturated carbocycles. The first kappa shape index (κ1) is 17.0. The quantitative estimate of drug-likeness (QED) is 0.617. The van der Waals surface area contributed by atoms with Crippen molar-refractivity contribution in [2.75, 3.05) is 13.2 Å². The summed E-state index contributed by atoms with van der Waals surface area (Å²) in [5.74, 6) is 1.48. The molecule has 0 N–H and O–H groups in total. The first-order chi connectivity index (χ1) is 12.2. The Balaban J connectivity index is 1.91. The Morgan fingerprint density at radius 2 is 1.64 bits per heavy atom. The van der Waals surface area contributed by atoms with Crippen molar-refractivity contribution in [2.24, 2.45) is 0 Å². The monoisotopic (exact) mass is 350 g/mol. The number of benzene rings is 2. The van der Waals surface area contributed by atoms with Crippen LogP contribution < -0.4 is 9.47 Å². The fourth-order valence-corrected chi connectivity index (χ4v) is 3.26. The fourth-order valence-electron chi connectivity index (χ4n) is 2.44. The van der Waals surface area contributed by atoms with Gasteiger partial charge in [0.25, 0.3) is 0 Å². The third-order valence-corrected chi connectivity index (χ3v) is 4.50. The van der Waals surface area contributed by atoms with Gasteiger partial charge >= 0.3 is 0 Å². The van der Waals surface area contributed by atoms with E-state index in [4.69, 9.17) is 19.7 Å². The van der Waals surface area contributed by atoms with Gasteiger partial charge in [0.1, 0.15) is 5.01 Å². The lowest BCUT2D eigenvalue weighted by molar-refractivity contribution is 0.288. The molecule has 25 heavy (non-hydrogen) atoms. The van der Waals surface area contributed by atoms with Gasteiger partial charge in [-0.15, -0.1) is 11.3 Å². The molecule has 3 rings (SSSR count). The van der Waals surface area contributed by atoms with Crippen LogP contribution in [0.2, 0.25) is 0 Å². The van der Waals surface area contributed by atoms with Crippen LogP contribution >= 0.6 is 11.3 Å². The fraction of sp³-hybridized carbons (Fsp3) is 0.200. The Morgan fingerprint density at radius 1 is 0.960 bits per heavy atom. The first-order valence-electron chi connectivity index (χ1n) is 8.11. The number of rotatable bonds is 6. The van der Waals surface area contributed by atoms with Crippen molar-refractivity contribution in [1.29, 1.82) is 5.26 Å². The van der Waals surface area contributed by atoms with Crippen molar-refractivity contribution < 1.29 is 9.47 Å². The summed E-state index contributed by atoms with van der Waals surface area (Å²) < 4.78 is 11.3. The zero-order valence-electron chi connectivity index (χ0n) is 14.2. The minimum absolute atomic E-state index is 0.581. The van der Waals surface area contributed by atoms with Crippen LogP contribution in [-0.2, 0) is 0 Å². The largest absolute Gasteiger partial charge is 0.490 e. The molecule has 0 aliphatic carbocycles. The molecule has 0 saturated heterocycles. The molecule has 4 nitrogen and oxygen atoms in total. The summed E-state index contributed by atoms with van der Waals surface area (Å²) in [4.78, 5) is 4.72. The van der Waals surface area contributed by atoms with Crippen LogP contribution in [0.25, 0.3) is 21.8 Å². The molecule has 0 spiro atoms. The highest BCUT2D eigenvalue weighted by Gasteiger charge is 2.11. The molecular weight excluding hydrogens is 332 g/mol. The summed E-state index contributed by atoms with van der Waals surface area (Å²) in [5.41, 5.74) is 3.54. The maximum atomic E-state index is 8.90. The van der Waals surface area contributed by atoms with E-state index in [-0.39, 0.29) is 0 Å². The van der Waals surface area contributed by atoms with Gasteiger partial charge in [-0.1, -0.05) is 12.1 Å². The van der Waals surface area contributed by atoms with Crippen molar-refractivity contribution in [3.8, 4) is 39.4 Å². The maximum Gasteiger partial charge on any atom is 0.161 e. The lowest BCUT2D eigenvalue weighted by Gasteiger charge is -2.11. The molecule has 5 heteroatoms.